The molecular weight excluding hydrogens is 313 g/mol. The molecule has 1 N–H and O–H groups in total. The summed E-state index contributed by atoms with van der Waals surface area (Å²) >= 11 is 0. The van der Waals surface area contributed by atoms with Gasteiger partial charge in [0.1, 0.15) is 5.69 Å². The van der Waals surface area contributed by atoms with Crippen LogP contribution >= 0.6 is 0 Å². The van der Waals surface area contributed by atoms with Crippen LogP contribution in [0.1, 0.15) is 21.7 Å². The van der Waals surface area contributed by atoms with E-state index >= 15 is 0 Å². The molecule has 0 fully saturated rings. The summed E-state index contributed by atoms with van der Waals surface area (Å²) in [5.74, 6) is -0.613. The number of pyridine rings is 1. The number of H-pyrrole nitrogens is 1. The topological polar surface area (TPSA) is 71.1 Å². The first kappa shape index (κ1) is 16.9. The zero-order valence-electron chi connectivity index (χ0n) is 12.3. The Hall–Kier alpha value is -2.42. The summed E-state index contributed by atoms with van der Waals surface area (Å²) in [7, 11) is 1.48. The summed E-state index contributed by atoms with van der Waals surface area (Å²) in [6.45, 7) is 0.672. The van der Waals surface area contributed by atoms with Gasteiger partial charge >= 0.3 is 6.18 Å². The molecule has 2 aromatic heterocycles. The van der Waals surface area contributed by atoms with Gasteiger partial charge in [-0.1, -0.05) is 6.07 Å². The maximum Gasteiger partial charge on any atom is 0.432 e. The fourth-order valence-corrected chi connectivity index (χ4v) is 1.90. The predicted molar refractivity (Wildman–Crippen MR) is 74.4 cm³/mol. The molecule has 0 aliphatic carbocycles. The SMILES string of the molecule is COCCN(Cc1cccnc1)C(=O)c1cc(C(F)(F)F)[nH]n1. The average molecular weight is 328 g/mol. The van der Waals surface area contributed by atoms with E-state index in [1.165, 1.54) is 12.0 Å². The Labute approximate surface area is 130 Å². The van der Waals surface area contributed by atoms with Gasteiger partial charge in [0, 0.05) is 38.7 Å². The van der Waals surface area contributed by atoms with Crippen molar-refractivity contribution < 1.29 is 22.7 Å². The molecule has 2 rings (SSSR count). The zero-order chi connectivity index (χ0) is 16.9. The average Bonchev–Trinajstić information content (AvgIpc) is 3.02. The smallest absolute Gasteiger partial charge is 0.383 e. The lowest BCUT2D eigenvalue weighted by Crippen LogP contribution is -2.33. The van der Waals surface area contributed by atoms with E-state index in [4.69, 9.17) is 4.74 Å². The summed E-state index contributed by atoms with van der Waals surface area (Å²) in [5, 5.41) is 5.30. The van der Waals surface area contributed by atoms with Crippen molar-refractivity contribution in [3.63, 3.8) is 0 Å². The molecule has 1 amide bonds. The maximum absolute atomic E-state index is 12.6. The van der Waals surface area contributed by atoms with Crippen molar-refractivity contribution in [1.82, 2.24) is 20.1 Å². The van der Waals surface area contributed by atoms with Gasteiger partial charge in [0.2, 0.25) is 0 Å². The van der Waals surface area contributed by atoms with E-state index in [0.717, 1.165) is 5.56 Å². The molecule has 0 saturated carbocycles. The van der Waals surface area contributed by atoms with Crippen molar-refractivity contribution in [3.8, 4) is 0 Å². The number of carbonyl (C=O) groups excluding carboxylic acids is 1. The minimum Gasteiger partial charge on any atom is -0.383 e. The van der Waals surface area contributed by atoms with E-state index < -0.39 is 17.8 Å². The van der Waals surface area contributed by atoms with Crippen LogP contribution in [0.4, 0.5) is 13.2 Å². The largest absolute Gasteiger partial charge is 0.432 e. The van der Waals surface area contributed by atoms with E-state index in [1.807, 2.05) is 5.10 Å². The number of amides is 1. The number of alkyl halides is 3. The van der Waals surface area contributed by atoms with E-state index in [9.17, 15) is 18.0 Å². The number of hydrogen-bond donors (Lipinski definition) is 1. The maximum atomic E-state index is 12.6. The summed E-state index contributed by atoms with van der Waals surface area (Å²) < 4.78 is 42.7. The number of hydrogen-bond acceptors (Lipinski definition) is 4. The molecule has 124 valence electrons. The lowest BCUT2D eigenvalue weighted by Gasteiger charge is -2.21. The molecule has 9 heteroatoms. The van der Waals surface area contributed by atoms with E-state index in [-0.39, 0.29) is 25.4 Å². The predicted octanol–water partition coefficient (Wildman–Crippen LogP) is 2.11. The standard InChI is InChI=1S/C14H15F3N4O2/c1-23-6-5-21(9-10-3-2-4-18-8-10)13(22)11-7-12(20-19-11)14(15,16)17/h2-4,7-8H,5-6,9H2,1H3,(H,19,20). The summed E-state index contributed by atoms with van der Waals surface area (Å²) in [4.78, 5) is 17.7. The van der Waals surface area contributed by atoms with Crippen molar-refractivity contribution in [2.75, 3.05) is 20.3 Å². The lowest BCUT2D eigenvalue weighted by atomic mass is 10.2. The number of nitrogens with one attached hydrogen (secondary N) is 1. The van der Waals surface area contributed by atoms with Gasteiger partial charge in [-0.3, -0.25) is 14.9 Å². The Morgan fingerprint density at radius 1 is 1.43 bits per heavy atom. The summed E-state index contributed by atoms with van der Waals surface area (Å²) in [6, 6.07) is 4.18. The molecule has 23 heavy (non-hydrogen) atoms. The molecule has 0 bridgehead atoms. The van der Waals surface area contributed by atoms with Gasteiger partial charge in [0.05, 0.1) is 6.61 Å². The van der Waals surface area contributed by atoms with Gasteiger partial charge in [0.25, 0.3) is 5.91 Å². The monoisotopic (exact) mass is 328 g/mol. The number of aromatic amines is 1. The van der Waals surface area contributed by atoms with Crippen molar-refractivity contribution in [1.29, 1.82) is 0 Å². The number of nitrogens with zero attached hydrogens (tertiary/aromatic N) is 3. The summed E-state index contributed by atoms with van der Waals surface area (Å²) in [5.41, 5.74) is -0.602. The number of carbonyl (C=O) groups is 1. The highest BCUT2D eigenvalue weighted by atomic mass is 19.4. The molecule has 0 unspecified atom stereocenters. The van der Waals surface area contributed by atoms with Crippen LogP contribution in [-0.2, 0) is 17.5 Å². The van der Waals surface area contributed by atoms with Crippen LogP contribution < -0.4 is 0 Å². The van der Waals surface area contributed by atoms with E-state index in [1.54, 1.807) is 24.5 Å². The number of halogens is 3. The molecule has 2 heterocycles. The molecule has 0 radical (unpaired) electrons. The number of methoxy groups -OCH3 is 1. The zero-order valence-corrected chi connectivity index (χ0v) is 12.3. The first-order valence-electron chi connectivity index (χ1n) is 6.71. The quantitative estimate of drug-likeness (QED) is 0.882. The van der Waals surface area contributed by atoms with Crippen molar-refractivity contribution in [2.24, 2.45) is 0 Å². The molecule has 0 spiro atoms. The highest BCUT2D eigenvalue weighted by Gasteiger charge is 2.34. The van der Waals surface area contributed by atoms with Crippen LogP contribution in [0.2, 0.25) is 0 Å². The molecule has 0 saturated heterocycles. The van der Waals surface area contributed by atoms with Crippen LogP contribution in [0.3, 0.4) is 0 Å². The third-order valence-electron chi connectivity index (χ3n) is 3.05. The Morgan fingerprint density at radius 2 is 2.22 bits per heavy atom. The van der Waals surface area contributed by atoms with Gasteiger partial charge in [-0.15, -0.1) is 0 Å². The minimum atomic E-state index is -4.58. The number of aromatic nitrogens is 3. The third kappa shape index (κ3) is 4.52. The minimum absolute atomic E-state index is 0.199. The second-order valence-corrected chi connectivity index (χ2v) is 4.75. The van der Waals surface area contributed by atoms with Crippen LogP contribution in [0.25, 0.3) is 0 Å². The van der Waals surface area contributed by atoms with Crippen LogP contribution in [0, 0.1) is 0 Å². The van der Waals surface area contributed by atoms with Gasteiger partial charge in [-0.25, -0.2) is 0 Å². The second kappa shape index (κ2) is 7.23. The highest BCUT2D eigenvalue weighted by molar-refractivity contribution is 5.92. The van der Waals surface area contributed by atoms with Gasteiger partial charge in [0.15, 0.2) is 5.69 Å². The van der Waals surface area contributed by atoms with Crippen LogP contribution in [-0.4, -0.2) is 46.2 Å². The highest BCUT2D eigenvalue weighted by Crippen LogP contribution is 2.27. The van der Waals surface area contributed by atoms with Crippen LogP contribution in [0.15, 0.2) is 30.6 Å². The first-order valence-corrected chi connectivity index (χ1v) is 6.71. The normalized spacial score (nSPS) is 11.5. The fourth-order valence-electron chi connectivity index (χ4n) is 1.90. The Morgan fingerprint density at radius 3 is 2.78 bits per heavy atom. The Kier molecular flexibility index (Phi) is 5.32. The van der Waals surface area contributed by atoms with Crippen molar-refractivity contribution in [3.05, 3.63) is 47.5 Å². The molecule has 0 atom stereocenters. The second-order valence-electron chi connectivity index (χ2n) is 4.75. The molecule has 0 aliphatic heterocycles. The molecular formula is C14H15F3N4O2. The number of rotatable bonds is 6. The number of ether oxygens (including phenoxy) is 1. The summed E-state index contributed by atoms with van der Waals surface area (Å²) in [6.07, 6.45) is -1.40. The van der Waals surface area contributed by atoms with Crippen molar-refractivity contribution >= 4 is 5.91 Å². The third-order valence-corrected chi connectivity index (χ3v) is 3.05. The van der Waals surface area contributed by atoms with Crippen LogP contribution in [0.5, 0.6) is 0 Å². The van der Waals surface area contributed by atoms with E-state index in [0.29, 0.717) is 6.07 Å². The molecule has 0 aromatic carbocycles. The Bertz CT molecular complexity index is 643. The van der Waals surface area contributed by atoms with Gasteiger partial charge in [-0.2, -0.15) is 18.3 Å². The van der Waals surface area contributed by atoms with Gasteiger partial charge in [-0.05, 0) is 11.6 Å². The lowest BCUT2D eigenvalue weighted by molar-refractivity contribution is -0.141. The molecule has 6 nitrogen and oxygen atoms in total. The van der Waals surface area contributed by atoms with Gasteiger partial charge < -0.3 is 9.64 Å². The van der Waals surface area contributed by atoms with E-state index in [2.05, 4.69) is 10.1 Å². The van der Waals surface area contributed by atoms with Crippen molar-refractivity contribution in [2.45, 2.75) is 12.7 Å². The molecule has 0 aliphatic rings. The Balaban J connectivity index is 2.17. The first-order chi connectivity index (χ1) is 10.9. The fraction of sp³-hybridized carbons (Fsp3) is 0.357. The molecule has 2 aromatic rings.